The molecule has 2 N–H and O–H groups in total. The van der Waals surface area contributed by atoms with E-state index in [9.17, 15) is 0 Å². The molecule has 2 aromatic rings. The van der Waals surface area contributed by atoms with Gasteiger partial charge in [-0.3, -0.25) is 0 Å². The SMILES string of the molecule is CC1(c2noc(-c3ccc(N)nc3)n2)CC1. The highest BCUT2D eigenvalue weighted by Crippen LogP contribution is 2.46. The van der Waals surface area contributed by atoms with Crippen LogP contribution in [-0.4, -0.2) is 15.1 Å². The molecule has 2 heterocycles. The van der Waals surface area contributed by atoms with Crippen LogP contribution >= 0.6 is 0 Å². The van der Waals surface area contributed by atoms with Crippen molar-refractivity contribution in [2.75, 3.05) is 5.73 Å². The second kappa shape index (κ2) is 3.04. The molecule has 1 fully saturated rings. The summed E-state index contributed by atoms with van der Waals surface area (Å²) in [7, 11) is 0. The molecule has 3 rings (SSSR count). The predicted molar refractivity (Wildman–Crippen MR) is 58.5 cm³/mol. The van der Waals surface area contributed by atoms with Crippen molar-refractivity contribution in [3.63, 3.8) is 0 Å². The standard InChI is InChI=1S/C11H12N4O/c1-11(4-5-11)10-14-9(16-15-10)7-2-3-8(12)13-6-7/h2-3,6H,4-5H2,1H3,(H2,12,13). The number of hydrogen-bond donors (Lipinski definition) is 1. The first kappa shape index (κ1) is 9.33. The number of nitrogens with two attached hydrogens (primary N) is 1. The van der Waals surface area contributed by atoms with E-state index in [0.717, 1.165) is 24.2 Å². The van der Waals surface area contributed by atoms with Crippen molar-refractivity contribution in [1.82, 2.24) is 15.1 Å². The second-order valence-corrected chi connectivity index (χ2v) is 4.46. The van der Waals surface area contributed by atoms with Crippen LogP contribution in [0.1, 0.15) is 25.6 Å². The molecule has 1 aliphatic rings. The van der Waals surface area contributed by atoms with Gasteiger partial charge in [-0.1, -0.05) is 12.1 Å². The maximum Gasteiger partial charge on any atom is 0.259 e. The van der Waals surface area contributed by atoms with Crippen LogP contribution < -0.4 is 5.73 Å². The van der Waals surface area contributed by atoms with Gasteiger partial charge in [0.2, 0.25) is 0 Å². The van der Waals surface area contributed by atoms with Gasteiger partial charge in [0.05, 0.1) is 5.56 Å². The van der Waals surface area contributed by atoms with Crippen LogP contribution in [0.15, 0.2) is 22.9 Å². The van der Waals surface area contributed by atoms with E-state index in [1.54, 1.807) is 12.3 Å². The van der Waals surface area contributed by atoms with E-state index >= 15 is 0 Å². The van der Waals surface area contributed by atoms with Crippen molar-refractivity contribution in [3.05, 3.63) is 24.2 Å². The van der Waals surface area contributed by atoms with E-state index in [4.69, 9.17) is 10.3 Å². The van der Waals surface area contributed by atoms with Gasteiger partial charge in [0.25, 0.3) is 5.89 Å². The summed E-state index contributed by atoms with van der Waals surface area (Å²) >= 11 is 0. The fraction of sp³-hybridized carbons (Fsp3) is 0.364. The number of hydrogen-bond acceptors (Lipinski definition) is 5. The van der Waals surface area contributed by atoms with Crippen LogP contribution in [0.25, 0.3) is 11.5 Å². The van der Waals surface area contributed by atoms with E-state index in [0.29, 0.717) is 11.7 Å². The topological polar surface area (TPSA) is 77.8 Å². The Labute approximate surface area is 92.7 Å². The molecule has 82 valence electrons. The highest BCUT2D eigenvalue weighted by Gasteiger charge is 2.43. The Kier molecular flexibility index (Phi) is 1.77. The van der Waals surface area contributed by atoms with Gasteiger partial charge in [0.1, 0.15) is 5.82 Å². The van der Waals surface area contributed by atoms with E-state index in [2.05, 4.69) is 22.0 Å². The fourth-order valence-corrected chi connectivity index (χ4v) is 1.53. The molecular weight excluding hydrogens is 204 g/mol. The minimum atomic E-state index is 0.128. The molecule has 0 spiro atoms. The Bertz CT molecular complexity index is 513. The lowest BCUT2D eigenvalue weighted by Crippen LogP contribution is -2.01. The summed E-state index contributed by atoms with van der Waals surface area (Å²) in [6.07, 6.45) is 3.90. The summed E-state index contributed by atoms with van der Waals surface area (Å²) in [5.74, 6) is 1.78. The average molecular weight is 216 g/mol. The molecule has 0 radical (unpaired) electrons. The number of rotatable bonds is 2. The third kappa shape index (κ3) is 1.44. The van der Waals surface area contributed by atoms with Crippen molar-refractivity contribution in [3.8, 4) is 11.5 Å². The zero-order valence-corrected chi connectivity index (χ0v) is 8.97. The van der Waals surface area contributed by atoms with E-state index in [-0.39, 0.29) is 5.41 Å². The summed E-state index contributed by atoms with van der Waals surface area (Å²) in [5.41, 5.74) is 6.44. The number of nitrogens with zero attached hydrogens (tertiary/aromatic N) is 3. The van der Waals surface area contributed by atoms with Crippen LogP contribution in [0.5, 0.6) is 0 Å². The normalized spacial score (nSPS) is 17.3. The molecule has 1 saturated carbocycles. The monoisotopic (exact) mass is 216 g/mol. The molecule has 0 aromatic carbocycles. The minimum Gasteiger partial charge on any atom is -0.384 e. The highest BCUT2D eigenvalue weighted by molar-refractivity contribution is 5.53. The first-order chi connectivity index (χ1) is 7.67. The minimum absolute atomic E-state index is 0.128. The summed E-state index contributed by atoms with van der Waals surface area (Å²) in [6.45, 7) is 2.14. The lowest BCUT2D eigenvalue weighted by atomic mass is 10.1. The van der Waals surface area contributed by atoms with E-state index in [1.807, 2.05) is 6.07 Å². The molecule has 5 heteroatoms. The van der Waals surface area contributed by atoms with E-state index < -0.39 is 0 Å². The summed E-state index contributed by atoms with van der Waals surface area (Å²) in [4.78, 5) is 8.38. The van der Waals surface area contributed by atoms with Crippen molar-refractivity contribution in [2.24, 2.45) is 0 Å². The maximum atomic E-state index is 5.51. The average Bonchev–Trinajstić information content (AvgIpc) is 2.84. The Hall–Kier alpha value is -1.91. The summed E-state index contributed by atoms with van der Waals surface area (Å²) < 4.78 is 5.22. The largest absolute Gasteiger partial charge is 0.384 e. The zero-order valence-electron chi connectivity index (χ0n) is 8.97. The zero-order chi connectivity index (χ0) is 11.2. The van der Waals surface area contributed by atoms with Gasteiger partial charge in [-0.15, -0.1) is 0 Å². The quantitative estimate of drug-likeness (QED) is 0.827. The molecule has 5 nitrogen and oxygen atoms in total. The van der Waals surface area contributed by atoms with Gasteiger partial charge in [-0.25, -0.2) is 4.98 Å². The Morgan fingerprint density at radius 3 is 2.81 bits per heavy atom. The van der Waals surface area contributed by atoms with Crippen molar-refractivity contribution < 1.29 is 4.52 Å². The van der Waals surface area contributed by atoms with Crippen LogP contribution in [-0.2, 0) is 5.41 Å². The number of pyridine rings is 1. The maximum absolute atomic E-state index is 5.51. The molecule has 1 aliphatic carbocycles. The smallest absolute Gasteiger partial charge is 0.259 e. The van der Waals surface area contributed by atoms with Crippen LogP contribution in [0.2, 0.25) is 0 Å². The Morgan fingerprint density at radius 2 is 2.19 bits per heavy atom. The predicted octanol–water partition coefficient (Wildman–Crippen LogP) is 1.77. The van der Waals surface area contributed by atoms with Crippen molar-refractivity contribution >= 4 is 5.82 Å². The molecule has 0 aliphatic heterocycles. The highest BCUT2D eigenvalue weighted by atomic mass is 16.5. The van der Waals surface area contributed by atoms with Gasteiger partial charge >= 0.3 is 0 Å². The summed E-state index contributed by atoms with van der Waals surface area (Å²) in [5, 5.41) is 4.00. The van der Waals surface area contributed by atoms with Crippen molar-refractivity contribution in [2.45, 2.75) is 25.2 Å². The molecule has 0 amide bonds. The first-order valence-corrected chi connectivity index (χ1v) is 5.23. The van der Waals surface area contributed by atoms with Crippen LogP contribution in [0.4, 0.5) is 5.82 Å². The molecule has 0 unspecified atom stereocenters. The number of anilines is 1. The molecule has 2 aromatic heterocycles. The Morgan fingerprint density at radius 1 is 1.38 bits per heavy atom. The van der Waals surface area contributed by atoms with Crippen molar-refractivity contribution in [1.29, 1.82) is 0 Å². The number of aromatic nitrogens is 3. The third-order valence-electron chi connectivity index (χ3n) is 3.00. The van der Waals surface area contributed by atoms with Gasteiger partial charge in [-0.2, -0.15) is 4.98 Å². The molecule has 16 heavy (non-hydrogen) atoms. The van der Waals surface area contributed by atoms with Gasteiger partial charge in [0.15, 0.2) is 5.82 Å². The number of nitrogen functional groups attached to an aromatic ring is 1. The van der Waals surface area contributed by atoms with Gasteiger partial charge in [0, 0.05) is 11.6 Å². The lowest BCUT2D eigenvalue weighted by Gasteiger charge is -1.97. The fourth-order valence-electron chi connectivity index (χ4n) is 1.53. The Balaban J connectivity index is 1.95. The van der Waals surface area contributed by atoms with Crippen LogP contribution in [0, 0.1) is 0 Å². The third-order valence-corrected chi connectivity index (χ3v) is 3.00. The lowest BCUT2D eigenvalue weighted by molar-refractivity contribution is 0.415. The first-order valence-electron chi connectivity index (χ1n) is 5.23. The van der Waals surface area contributed by atoms with Crippen LogP contribution in [0.3, 0.4) is 0 Å². The van der Waals surface area contributed by atoms with Gasteiger partial charge in [-0.05, 0) is 25.0 Å². The molecule has 0 saturated heterocycles. The van der Waals surface area contributed by atoms with E-state index in [1.165, 1.54) is 0 Å². The second-order valence-electron chi connectivity index (χ2n) is 4.46. The molecule has 0 atom stereocenters. The summed E-state index contributed by atoms with van der Waals surface area (Å²) in [6, 6.07) is 3.55. The molecular formula is C11H12N4O. The van der Waals surface area contributed by atoms with Gasteiger partial charge < -0.3 is 10.3 Å². The molecule has 0 bridgehead atoms.